The summed E-state index contributed by atoms with van der Waals surface area (Å²) in [4.78, 5) is 25.9. The molecule has 0 radical (unpaired) electrons. The van der Waals surface area contributed by atoms with E-state index in [9.17, 15) is 9.59 Å². The van der Waals surface area contributed by atoms with Crippen LogP contribution in [0.3, 0.4) is 0 Å². The van der Waals surface area contributed by atoms with Crippen molar-refractivity contribution in [1.82, 2.24) is 9.47 Å². The molecule has 6 nitrogen and oxygen atoms in total. The summed E-state index contributed by atoms with van der Waals surface area (Å²) in [5.41, 5.74) is 2.01. The molecular formula is C21H23N3O3. The standard InChI is InChI=1S/C21H23N3O3/c1-27-21(26)16-9-13-23(14-10-16)20(25)8-7-17-15-24(12-4-11-22)19-6-3-2-5-18(17)19/h2-3,5-8,15-16H,4,9-10,12-14H2,1H3. The van der Waals surface area contributed by atoms with Crippen LogP contribution in [-0.4, -0.2) is 41.5 Å². The Morgan fingerprint density at radius 3 is 2.74 bits per heavy atom. The first-order valence-electron chi connectivity index (χ1n) is 9.13. The third kappa shape index (κ3) is 4.20. The highest BCUT2D eigenvalue weighted by Crippen LogP contribution is 2.23. The van der Waals surface area contributed by atoms with Crippen LogP contribution >= 0.6 is 0 Å². The number of rotatable bonds is 5. The Hall–Kier alpha value is -3.07. The van der Waals surface area contributed by atoms with Gasteiger partial charge in [0, 0.05) is 48.4 Å². The lowest BCUT2D eigenvalue weighted by atomic mass is 9.97. The molecule has 0 bridgehead atoms. The van der Waals surface area contributed by atoms with Gasteiger partial charge in [0.15, 0.2) is 0 Å². The normalized spacial score (nSPS) is 15.2. The van der Waals surface area contributed by atoms with Gasteiger partial charge in [0.05, 0.1) is 25.5 Å². The molecule has 2 heterocycles. The lowest BCUT2D eigenvalue weighted by Crippen LogP contribution is -2.39. The number of esters is 1. The van der Waals surface area contributed by atoms with Crippen LogP contribution in [0.15, 0.2) is 36.5 Å². The monoisotopic (exact) mass is 365 g/mol. The van der Waals surface area contributed by atoms with Gasteiger partial charge >= 0.3 is 5.97 Å². The van der Waals surface area contributed by atoms with E-state index in [2.05, 4.69) is 6.07 Å². The second kappa shape index (κ2) is 8.54. The molecule has 1 fully saturated rings. The van der Waals surface area contributed by atoms with Crippen molar-refractivity contribution in [3.63, 3.8) is 0 Å². The van der Waals surface area contributed by atoms with Gasteiger partial charge in [-0.25, -0.2) is 0 Å². The minimum Gasteiger partial charge on any atom is -0.469 e. The molecule has 1 aliphatic heterocycles. The van der Waals surface area contributed by atoms with Crippen molar-refractivity contribution in [1.29, 1.82) is 5.26 Å². The van der Waals surface area contributed by atoms with Crippen molar-refractivity contribution in [3.05, 3.63) is 42.1 Å². The van der Waals surface area contributed by atoms with E-state index < -0.39 is 0 Å². The van der Waals surface area contributed by atoms with Gasteiger partial charge in [-0.05, 0) is 25.0 Å². The average Bonchev–Trinajstić information content (AvgIpc) is 3.07. The van der Waals surface area contributed by atoms with Gasteiger partial charge in [-0.3, -0.25) is 9.59 Å². The summed E-state index contributed by atoms with van der Waals surface area (Å²) in [5.74, 6) is -0.351. The van der Waals surface area contributed by atoms with Crippen molar-refractivity contribution in [3.8, 4) is 6.07 Å². The smallest absolute Gasteiger partial charge is 0.308 e. The Morgan fingerprint density at radius 1 is 1.30 bits per heavy atom. The fourth-order valence-corrected chi connectivity index (χ4v) is 3.53. The van der Waals surface area contributed by atoms with Crippen LogP contribution in [0.1, 0.15) is 24.8 Å². The number of carbonyl (C=O) groups is 2. The molecule has 0 saturated carbocycles. The zero-order valence-corrected chi connectivity index (χ0v) is 15.4. The predicted octanol–water partition coefficient (Wildman–Crippen LogP) is 2.98. The van der Waals surface area contributed by atoms with Crippen LogP contribution in [-0.2, 0) is 20.9 Å². The molecular weight excluding hydrogens is 342 g/mol. The Balaban J connectivity index is 1.70. The van der Waals surface area contributed by atoms with Crippen LogP contribution < -0.4 is 0 Å². The Labute approximate surface area is 158 Å². The number of nitriles is 1. The van der Waals surface area contributed by atoms with Crippen LogP contribution in [0.4, 0.5) is 0 Å². The number of ether oxygens (including phenoxy) is 1. The number of para-hydroxylation sites is 1. The number of methoxy groups -OCH3 is 1. The van der Waals surface area contributed by atoms with Gasteiger partial charge in [-0.15, -0.1) is 0 Å². The van der Waals surface area contributed by atoms with Crippen molar-refractivity contribution in [2.24, 2.45) is 5.92 Å². The third-order valence-corrected chi connectivity index (χ3v) is 5.03. The number of nitrogens with zero attached hydrogens (tertiary/aromatic N) is 3. The second-order valence-electron chi connectivity index (χ2n) is 6.66. The quantitative estimate of drug-likeness (QED) is 0.603. The number of piperidine rings is 1. The maximum atomic E-state index is 12.5. The van der Waals surface area contributed by atoms with Crippen LogP contribution in [0.5, 0.6) is 0 Å². The number of benzene rings is 1. The van der Waals surface area contributed by atoms with E-state index in [0.717, 1.165) is 16.5 Å². The number of fused-ring (bicyclic) bond motifs is 1. The van der Waals surface area contributed by atoms with Crippen LogP contribution in [0.25, 0.3) is 17.0 Å². The molecule has 6 heteroatoms. The summed E-state index contributed by atoms with van der Waals surface area (Å²) in [6.45, 7) is 1.75. The Bertz CT molecular complexity index is 899. The number of aryl methyl sites for hydroxylation is 1. The van der Waals surface area contributed by atoms with Gasteiger partial charge in [0.25, 0.3) is 0 Å². The fraction of sp³-hybridized carbons (Fsp3) is 0.381. The van der Waals surface area contributed by atoms with Gasteiger partial charge in [-0.1, -0.05) is 18.2 Å². The zero-order chi connectivity index (χ0) is 19.2. The predicted molar refractivity (Wildman–Crippen MR) is 103 cm³/mol. The van der Waals surface area contributed by atoms with Crippen molar-refractivity contribution in [2.75, 3.05) is 20.2 Å². The first-order valence-corrected chi connectivity index (χ1v) is 9.13. The lowest BCUT2D eigenvalue weighted by Gasteiger charge is -2.29. The van der Waals surface area contributed by atoms with E-state index in [4.69, 9.17) is 10.00 Å². The summed E-state index contributed by atoms with van der Waals surface area (Å²) >= 11 is 0. The van der Waals surface area contributed by atoms with Gasteiger partial charge < -0.3 is 14.2 Å². The number of likely N-dealkylation sites (tertiary alicyclic amines) is 1. The first-order chi connectivity index (χ1) is 13.1. The van der Waals surface area contributed by atoms with Crippen LogP contribution in [0, 0.1) is 17.2 Å². The van der Waals surface area contributed by atoms with Crippen molar-refractivity contribution >= 4 is 28.9 Å². The molecule has 27 heavy (non-hydrogen) atoms. The molecule has 3 rings (SSSR count). The number of hydrogen-bond acceptors (Lipinski definition) is 4. The molecule has 1 aromatic carbocycles. The highest BCUT2D eigenvalue weighted by molar-refractivity contribution is 5.96. The van der Waals surface area contributed by atoms with E-state index in [1.54, 1.807) is 11.0 Å². The van der Waals surface area contributed by atoms with Crippen molar-refractivity contribution in [2.45, 2.75) is 25.8 Å². The highest BCUT2D eigenvalue weighted by Gasteiger charge is 2.27. The molecule has 0 aliphatic carbocycles. The molecule has 1 aliphatic rings. The van der Waals surface area contributed by atoms with E-state index in [-0.39, 0.29) is 17.8 Å². The SMILES string of the molecule is COC(=O)C1CCN(C(=O)C=Cc2cn(CCC#N)c3ccccc23)CC1. The average molecular weight is 365 g/mol. The topological polar surface area (TPSA) is 75.3 Å². The number of hydrogen-bond donors (Lipinski definition) is 0. The van der Waals surface area contributed by atoms with Gasteiger partial charge in [0.1, 0.15) is 0 Å². The van der Waals surface area contributed by atoms with Gasteiger partial charge in [0.2, 0.25) is 5.91 Å². The molecule has 2 aromatic rings. The van der Waals surface area contributed by atoms with E-state index in [0.29, 0.717) is 38.9 Å². The maximum absolute atomic E-state index is 12.5. The molecule has 0 atom stereocenters. The number of aromatic nitrogens is 1. The maximum Gasteiger partial charge on any atom is 0.308 e. The summed E-state index contributed by atoms with van der Waals surface area (Å²) < 4.78 is 6.83. The second-order valence-corrected chi connectivity index (χ2v) is 6.66. The molecule has 140 valence electrons. The summed E-state index contributed by atoms with van der Waals surface area (Å²) in [7, 11) is 1.40. The summed E-state index contributed by atoms with van der Waals surface area (Å²) in [6.07, 6.45) is 7.12. The fourth-order valence-electron chi connectivity index (χ4n) is 3.53. The van der Waals surface area contributed by atoms with Crippen LogP contribution in [0.2, 0.25) is 0 Å². The number of carbonyl (C=O) groups excluding carboxylic acids is 2. The molecule has 1 saturated heterocycles. The molecule has 1 aromatic heterocycles. The molecule has 0 N–H and O–H groups in total. The Kier molecular flexibility index (Phi) is 5.92. The first kappa shape index (κ1) is 18.7. The van der Waals surface area contributed by atoms with Gasteiger partial charge in [-0.2, -0.15) is 5.26 Å². The molecule has 0 unspecified atom stereocenters. The molecule has 1 amide bonds. The Morgan fingerprint density at radius 2 is 2.04 bits per heavy atom. The summed E-state index contributed by atoms with van der Waals surface area (Å²) in [5, 5.41) is 9.90. The largest absolute Gasteiger partial charge is 0.469 e. The zero-order valence-electron chi connectivity index (χ0n) is 15.4. The highest BCUT2D eigenvalue weighted by atomic mass is 16.5. The van der Waals surface area contributed by atoms with E-state index in [1.165, 1.54) is 7.11 Å². The van der Waals surface area contributed by atoms with E-state index >= 15 is 0 Å². The minimum atomic E-state index is -0.192. The summed E-state index contributed by atoms with van der Waals surface area (Å²) in [6, 6.07) is 10.1. The third-order valence-electron chi connectivity index (χ3n) is 5.03. The minimum absolute atomic E-state index is 0.0489. The van der Waals surface area contributed by atoms with E-state index in [1.807, 2.05) is 41.1 Å². The van der Waals surface area contributed by atoms with Crippen molar-refractivity contribution < 1.29 is 14.3 Å². The number of amides is 1. The molecule has 0 spiro atoms. The lowest BCUT2D eigenvalue weighted by molar-refractivity contribution is -0.148.